The van der Waals surface area contributed by atoms with Gasteiger partial charge in [-0.1, -0.05) is 53.6 Å². The zero-order valence-corrected chi connectivity index (χ0v) is 34.7. The highest BCUT2D eigenvalue weighted by molar-refractivity contribution is 9.09. The summed E-state index contributed by atoms with van der Waals surface area (Å²) in [6.07, 6.45) is 4.10. The predicted molar refractivity (Wildman–Crippen MR) is 216 cm³/mol. The Bertz CT molecular complexity index is 2020. The molecule has 1 saturated heterocycles. The molecule has 16 heteroatoms. The number of alkyl halides is 1. The summed E-state index contributed by atoms with van der Waals surface area (Å²) >= 11 is 4.54. The van der Waals surface area contributed by atoms with Gasteiger partial charge in [-0.2, -0.15) is 11.3 Å². The van der Waals surface area contributed by atoms with Crippen LogP contribution in [0.1, 0.15) is 75.4 Å². The number of ether oxygens (including phenoxy) is 2. The van der Waals surface area contributed by atoms with E-state index in [1.165, 1.54) is 11.3 Å². The molecule has 4 fully saturated rings. The fourth-order valence-corrected chi connectivity index (χ4v) is 11.9. The summed E-state index contributed by atoms with van der Waals surface area (Å²) < 4.78 is 13.6. The highest BCUT2D eigenvalue weighted by Gasteiger charge is 2.76. The molecular weight excluding hydrogens is 834 g/mol. The largest absolute Gasteiger partial charge is 0.481 e. The van der Waals surface area contributed by atoms with Crippen molar-refractivity contribution >= 4 is 62.3 Å². The van der Waals surface area contributed by atoms with Gasteiger partial charge in [0, 0.05) is 39.7 Å². The van der Waals surface area contributed by atoms with Gasteiger partial charge in [0.25, 0.3) is 0 Å². The van der Waals surface area contributed by atoms with Gasteiger partial charge in [0.15, 0.2) is 23.5 Å². The third-order valence-corrected chi connectivity index (χ3v) is 14.8. The van der Waals surface area contributed by atoms with Crippen LogP contribution in [0, 0.1) is 28.6 Å². The molecule has 7 rings (SSSR count). The Morgan fingerprint density at radius 1 is 1.16 bits per heavy atom. The number of aliphatic hydroxyl groups excluding tert-OH is 3. The van der Waals surface area contributed by atoms with Gasteiger partial charge in [-0.25, -0.2) is 0 Å². The molecule has 1 aromatic carbocycles. The first kappa shape index (κ1) is 42.5. The average molecular weight is 885 g/mol. The van der Waals surface area contributed by atoms with Crippen LogP contribution in [0.2, 0.25) is 0 Å². The maximum Gasteiger partial charge on any atom is 0.303 e. The molecule has 2 heterocycles. The van der Waals surface area contributed by atoms with Gasteiger partial charge in [-0.3, -0.25) is 29.3 Å². The van der Waals surface area contributed by atoms with Crippen LogP contribution in [-0.4, -0.2) is 98.3 Å². The molecule has 3 saturated carbocycles. The Morgan fingerprint density at radius 3 is 2.69 bits per heavy atom. The number of allylic oxidation sites excluding steroid dienone is 4. The van der Waals surface area contributed by atoms with E-state index in [1.807, 2.05) is 29.8 Å². The third kappa shape index (κ3) is 7.66. The van der Waals surface area contributed by atoms with Gasteiger partial charge in [0.05, 0.1) is 18.8 Å². The number of hydrogen-bond donors (Lipinski definition) is 7. The lowest BCUT2D eigenvalue weighted by Crippen LogP contribution is -2.63. The Balaban J connectivity index is 1.07. The minimum Gasteiger partial charge on any atom is -0.481 e. The smallest absolute Gasteiger partial charge is 0.303 e. The quantitative estimate of drug-likeness (QED) is 0.101. The van der Waals surface area contributed by atoms with E-state index in [9.17, 15) is 44.4 Å². The van der Waals surface area contributed by atoms with E-state index in [2.05, 4.69) is 38.8 Å². The Hall–Kier alpha value is -3.61. The second-order valence-corrected chi connectivity index (χ2v) is 18.1. The van der Waals surface area contributed by atoms with Crippen LogP contribution in [0.15, 0.2) is 58.8 Å². The molecule has 7 N–H and O–H groups in total. The topological polar surface area (TPSA) is 221 Å². The van der Waals surface area contributed by atoms with Gasteiger partial charge < -0.3 is 40.5 Å². The average Bonchev–Trinajstić information content (AvgIpc) is 3.87. The Morgan fingerprint density at radius 2 is 1.95 bits per heavy atom. The lowest BCUT2D eigenvalue weighted by molar-refractivity contribution is -0.201. The molecule has 2 amide bonds. The van der Waals surface area contributed by atoms with Gasteiger partial charge in [-0.05, 0) is 96.5 Å². The standard InChI is InChI=1S/C42H50BrN3O11S/c1-40-11-10-26(48)14-24(40)6-7-27-29-15-33-42(32(50)19-47,41(29,2)16-31(49)37(27)40)57-39(56-33)28-21-58-20-23(28)12-22-4-3-5-25(13-22)45-38(55)30(8-9-36(53)54)46-35(52)18-44-34(51)17-43/h3-5,10-11,13-14,20-21,27,29-31,33-34,37,39,44,47,49,51H,6-9,12,15-19H2,1-2H3,(H,45,55)(H,46,52)(H,53,54)/t27-,29-,30-,31-,33+,34?,37+,39+,40-,41-,42+/m0/s1. The van der Waals surface area contributed by atoms with Crippen molar-refractivity contribution < 1.29 is 53.9 Å². The van der Waals surface area contributed by atoms with Crippen LogP contribution in [0.5, 0.6) is 0 Å². The number of fused-ring (bicyclic) bond motifs is 7. The van der Waals surface area contributed by atoms with Crippen molar-refractivity contribution in [3.8, 4) is 0 Å². The van der Waals surface area contributed by atoms with Crippen molar-refractivity contribution in [2.45, 2.75) is 95.2 Å². The molecule has 1 aliphatic heterocycles. The second-order valence-electron chi connectivity index (χ2n) is 16.7. The lowest BCUT2D eigenvalue weighted by Gasteiger charge is -2.59. The van der Waals surface area contributed by atoms with Crippen LogP contribution in [0.25, 0.3) is 0 Å². The minimum absolute atomic E-state index is 0.0347. The summed E-state index contributed by atoms with van der Waals surface area (Å²) in [6, 6.07) is 5.97. The van der Waals surface area contributed by atoms with E-state index >= 15 is 0 Å². The molecule has 11 atom stereocenters. The zero-order valence-electron chi connectivity index (χ0n) is 32.3. The highest BCUT2D eigenvalue weighted by atomic mass is 79.9. The molecule has 312 valence electrons. The molecule has 1 aromatic heterocycles. The molecule has 14 nitrogen and oxygen atoms in total. The Labute approximate surface area is 348 Å². The molecule has 1 unspecified atom stereocenters. The van der Waals surface area contributed by atoms with Crippen molar-refractivity contribution in [3.63, 3.8) is 0 Å². The highest BCUT2D eigenvalue weighted by Crippen LogP contribution is 2.70. The molecule has 0 radical (unpaired) electrons. The van der Waals surface area contributed by atoms with Crippen molar-refractivity contribution in [1.29, 1.82) is 0 Å². The first-order valence-electron chi connectivity index (χ1n) is 19.7. The molecule has 5 aliphatic rings. The number of hydrogen-bond acceptors (Lipinski definition) is 12. The van der Waals surface area contributed by atoms with Crippen LogP contribution in [-0.2, 0) is 39.9 Å². The number of aliphatic hydroxyl groups is 3. The van der Waals surface area contributed by atoms with Crippen molar-refractivity contribution in [3.05, 3.63) is 75.5 Å². The monoisotopic (exact) mass is 883 g/mol. The molecule has 58 heavy (non-hydrogen) atoms. The molecule has 0 bridgehead atoms. The number of amides is 2. The number of carboxylic acids is 1. The van der Waals surface area contributed by atoms with Gasteiger partial charge in [0.2, 0.25) is 11.8 Å². The number of benzene rings is 1. The first-order valence-corrected chi connectivity index (χ1v) is 21.7. The molecule has 0 spiro atoms. The van der Waals surface area contributed by atoms with Crippen LogP contribution in [0.4, 0.5) is 5.69 Å². The number of thiophene rings is 1. The number of carbonyl (C=O) groups excluding carboxylic acids is 4. The number of aliphatic carboxylic acids is 1. The summed E-state index contributed by atoms with van der Waals surface area (Å²) in [5, 5.41) is 53.3. The summed E-state index contributed by atoms with van der Waals surface area (Å²) in [6.45, 7) is 3.08. The number of nitrogens with one attached hydrogen (secondary N) is 3. The molecule has 2 aromatic rings. The zero-order chi connectivity index (χ0) is 41.6. The molecular formula is C42H50BrN3O11S. The van der Waals surface area contributed by atoms with Crippen LogP contribution < -0.4 is 16.0 Å². The summed E-state index contributed by atoms with van der Waals surface area (Å²) in [5.41, 5.74) is 1.09. The van der Waals surface area contributed by atoms with Crippen molar-refractivity contribution in [1.82, 2.24) is 10.6 Å². The number of carboxylic acid groups (broad SMARTS) is 1. The number of anilines is 1. The molecule has 4 aliphatic carbocycles. The van der Waals surface area contributed by atoms with E-state index in [1.54, 1.807) is 30.4 Å². The third-order valence-electron chi connectivity index (χ3n) is 13.4. The van der Waals surface area contributed by atoms with E-state index in [4.69, 9.17) is 9.47 Å². The predicted octanol–water partition coefficient (Wildman–Crippen LogP) is 3.53. The first-order chi connectivity index (χ1) is 27.6. The van der Waals surface area contributed by atoms with Crippen LogP contribution >= 0.6 is 27.3 Å². The van der Waals surface area contributed by atoms with Crippen molar-refractivity contribution in [2.24, 2.45) is 28.6 Å². The van der Waals surface area contributed by atoms with E-state index < -0.39 is 77.4 Å². The minimum atomic E-state index is -1.49. The SMILES string of the molecule is C[C@]12C=CC(=O)C=C1CC[C@@H]1[C@@H]2[C@@H](O)C[C@@]2(C)[C@H]1C[C@H]1O[C@@H](c3cscc3Cc3cccc(NC(=O)[C@H](CCC(=O)O)NC(=O)CNC(O)CBr)c3)O[C@]12C(=O)CO. The van der Waals surface area contributed by atoms with Crippen molar-refractivity contribution in [2.75, 3.05) is 23.8 Å². The van der Waals surface area contributed by atoms with E-state index in [0.29, 0.717) is 18.5 Å². The second kappa shape index (κ2) is 16.8. The number of ketones is 2. The van der Waals surface area contributed by atoms with E-state index in [0.717, 1.165) is 35.1 Å². The van der Waals surface area contributed by atoms with E-state index in [-0.39, 0.29) is 54.7 Å². The normalized spacial score (nSPS) is 33.2. The fourth-order valence-electron chi connectivity index (χ4n) is 10.8. The number of carbonyl (C=O) groups is 5. The lowest BCUT2D eigenvalue weighted by atomic mass is 9.46. The summed E-state index contributed by atoms with van der Waals surface area (Å²) in [4.78, 5) is 63.5. The maximum absolute atomic E-state index is 14.0. The number of rotatable bonds is 15. The number of halogens is 1. The summed E-state index contributed by atoms with van der Waals surface area (Å²) in [7, 11) is 0. The van der Waals surface area contributed by atoms with Gasteiger partial charge in [-0.15, -0.1) is 0 Å². The van der Waals surface area contributed by atoms with Gasteiger partial charge in [0.1, 0.15) is 18.9 Å². The summed E-state index contributed by atoms with van der Waals surface area (Å²) in [5.74, 6) is -2.96. The van der Waals surface area contributed by atoms with Gasteiger partial charge >= 0.3 is 5.97 Å². The number of Topliss-reactive ketones (excluding diaryl/α,β-unsaturated/α-hetero) is 1. The fraction of sp³-hybridized carbons (Fsp3) is 0.548. The Kier molecular flexibility index (Phi) is 12.3. The maximum atomic E-state index is 14.0. The van der Waals surface area contributed by atoms with Crippen LogP contribution in [0.3, 0.4) is 0 Å².